The van der Waals surface area contributed by atoms with Crippen molar-refractivity contribution in [2.45, 2.75) is 26.3 Å². The topological polar surface area (TPSA) is 107 Å². The van der Waals surface area contributed by atoms with Gasteiger partial charge >= 0.3 is 5.97 Å². The van der Waals surface area contributed by atoms with Crippen LogP contribution in [0, 0.1) is 5.92 Å². The standard InChI is InChI=1S/C23H25N3O5S/c1-14(2)11-18(24-21(28)15-7-5-4-6-8-15)22(29)31-13-20(27)26-23-25-17-10-9-16(30-3)12-19(17)32-23/h4-10,12,14,18H,11,13H2,1-3H3,(H,24,28)(H,25,26,27)/t18-/m1/s1. The fourth-order valence-electron chi connectivity index (χ4n) is 2.99. The average molecular weight is 456 g/mol. The van der Waals surface area contributed by atoms with Crippen LogP contribution in [0.1, 0.15) is 30.6 Å². The van der Waals surface area contributed by atoms with E-state index >= 15 is 0 Å². The molecule has 0 saturated heterocycles. The van der Waals surface area contributed by atoms with Crippen LogP contribution in [0.2, 0.25) is 0 Å². The first-order chi connectivity index (χ1) is 15.4. The Morgan fingerprint density at radius 1 is 1.09 bits per heavy atom. The third kappa shape index (κ3) is 6.27. The zero-order valence-corrected chi connectivity index (χ0v) is 18.9. The Bertz CT molecular complexity index is 1100. The predicted octanol–water partition coefficient (Wildman–Crippen LogP) is 3.63. The second-order valence-corrected chi connectivity index (χ2v) is 8.56. The number of hydrogen-bond acceptors (Lipinski definition) is 7. The monoisotopic (exact) mass is 455 g/mol. The highest BCUT2D eigenvalue weighted by molar-refractivity contribution is 7.22. The lowest BCUT2D eigenvalue weighted by Gasteiger charge is -2.19. The number of methoxy groups -OCH3 is 1. The summed E-state index contributed by atoms with van der Waals surface area (Å²) in [5.41, 5.74) is 1.17. The van der Waals surface area contributed by atoms with E-state index in [-0.39, 0.29) is 11.8 Å². The first-order valence-corrected chi connectivity index (χ1v) is 10.9. The Labute approximate surface area is 189 Å². The first-order valence-electron chi connectivity index (χ1n) is 10.1. The van der Waals surface area contributed by atoms with E-state index in [1.54, 1.807) is 49.6 Å². The number of thiazole rings is 1. The highest BCUT2D eigenvalue weighted by atomic mass is 32.1. The molecule has 9 heteroatoms. The number of amides is 2. The summed E-state index contributed by atoms with van der Waals surface area (Å²) < 4.78 is 11.2. The molecule has 0 fully saturated rings. The molecule has 2 amide bonds. The molecule has 3 rings (SSSR count). The number of aromatic nitrogens is 1. The molecule has 2 N–H and O–H groups in total. The van der Waals surface area contributed by atoms with Crippen LogP contribution in [0.5, 0.6) is 5.75 Å². The van der Waals surface area contributed by atoms with E-state index in [0.717, 1.165) is 10.2 Å². The highest BCUT2D eigenvalue weighted by Gasteiger charge is 2.25. The molecule has 3 aromatic rings. The molecule has 0 unspecified atom stereocenters. The summed E-state index contributed by atoms with van der Waals surface area (Å²) in [6.45, 7) is 3.39. The number of carbonyl (C=O) groups excluding carboxylic acids is 3. The van der Waals surface area contributed by atoms with Crippen LogP contribution < -0.4 is 15.4 Å². The van der Waals surface area contributed by atoms with E-state index < -0.39 is 24.5 Å². The third-order valence-electron chi connectivity index (χ3n) is 4.52. The van der Waals surface area contributed by atoms with Gasteiger partial charge in [0.15, 0.2) is 11.7 Å². The quantitative estimate of drug-likeness (QED) is 0.477. The van der Waals surface area contributed by atoms with Gasteiger partial charge in [0.05, 0.1) is 17.3 Å². The van der Waals surface area contributed by atoms with Gasteiger partial charge < -0.3 is 14.8 Å². The number of rotatable bonds is 9. The summed E-state index contributed by atoms with van der Waals surface area (Å²) >= 11 is 1.29. The van der Waals surface area contributed by atoms with Crippen molar-refractivity contribution >= 4 is 44.5 Å². The molecule has 0 saturated carbocycles. The first kappa shape index (κ1) is 23.2. The van der Waals surface area contributed by atoms with Crippen LogP contribution in [0.15, 0.2) is 48.5 Å². The Hall–Kier alpha value is -3.46. The molecule has 2 aromatic carbocycles. The minimum Gasteiger partial charge on any atom is -0.497 e. The van der Waals surface area contributed by atoms with Crippen molar-refractivity contribution in [3.05, 3.63) is 54.1 Å². The fraction of sp³-hybridized carbons (Fsp3) is 0.304. The molecule has 8 nitrogen and oxygen atoms in total. The van der Waals surface area contributed by atoms with Gasteiger partial charge in [-0.3, -0.25) is 14.9 Å². The van der Waals surface area contributed by atoms with Gasteiger partial charge in [-0.25, -0.2) is 9.78 Å². The molecular weight excluding hydrogens is 430 g/mol. The van der Waals surface area contributed by atoms with E-state index in [2.05, 4.69) is 15.6 Å². The van der Waals surface area contributed by atoms with Crippen LogP contribution >= 0.6 is 11.3 Å². The molecule has 1 atom stereocenters. The van der Waals surface area contributed by atoms with E-state index in [0.29, 0.717) is 22.9 Å². The fourth-order valence-corrected chi connectivity index (χ4v) is 3.91. The molecular formula is C23H25N3O5S. The van der Waals surface area contributed by atoms with Crippen LogP contribution in [-0.4, -0.2) is 42.5 Å². The second-order valence-electron chi connectivity index (χ2n) is 7.53. The molecule has 0 radical (unpaired) electrons. The molecule has 1 heterocycles. The summed E-state index contributed by atoms with van der Waals surface area (Å²) in [7, 11) is 1.58. The molecule has 0 bridgehead atoms. The van der Waals surface area contributed by atoms with Gasteiger partial charge in [-0.05, 0) is 42.7 Å². The second kappa shape index (κ2) is 10.7. The largest absolute Gasteiger partial charge is 0.497 e. The highest BCUT2D eigenvalue weighted by Crippen LogP contribution is 2.29. The Morgan fingerprint density at radius 2 is 1.84 bits per heavy atom. The van der Waals surface area contributed by atoms with Crippen LogP contribution in [0.3, 0.4) is 0 Å². The van der Waals surface area contributed by atoms with Gasteiger partial charge in [-0.2, -0.15) is 0 Å². The maximum absolute atomic E-state index is 12.6. The van der Waals surface area contributed by atoms with Gasteiger partial charge in [-0.1, -0.05) is 43.4 Å². The molecule has 0 aliphatic heterocycles. The Balaban J connectivity index is 1.57. The molecule has 0 aliphatic carbocycles. The number of carbonyl (C=O) groups is 3. The van der Waals surface area contributed by atoms with Gasteiger partial charge in [0.2, 0.25) is 0 Å². The van der Waals surface area contributed by atoms with Crippen molar-refractivity contribution in [3.8, 4) is 5.75 Å². The van der Waals surface area contributed by atoms with Crippen molar-refractivity contribution in [1.82, 2.24) is 10.3 Å². The minimum atomic E-state index is -0.856. The minimum absolute atomic E-state index is 0.136. The SMILES string of the molecule is COc1ccc2nc(NC(=O)COC(=O)[C@@H](CC(C)C)NC(=O)c3ccccc3)sc2c1. The summed E-state index contributed by atoms with van der Waals surface area (Å²) in [5, 5.41) is 5.73. The van der Waals surface area contributed by atoms with E-state index in [1.165, 1.54) is 11.3 Å². The van der Waals surface area contributed by atoms with Crippen molar-refractivity contribution in [3.63, 3.8) is 0 Å². The van der Waals surface area contributed by atoms with Crippen molar-refractivity contribution in [2.24, 2.45) is 5.92 Å². The lowest BCUT2D eigenvalue weighted by atomic mass is 10.0. The van der Waals surface area contributed by atoms with Gasteiger partial charge in [0.25, 0.3) is 11.8 Å². The number of anilines is 1. The average Bonchev–Trinajstić information content (AvgIpc) is 3.18. The number of esters is 1. The van der Waals surface area contributed by atoms with Crippen LogP contribution in [-0.2, 0) is 14.3 Å². The smallest absolute Gasteiger partial charge is 0.329 e. The summed E-state index contributed by atoms with van der Waals surface area (Å²) in [6, 6.07) is 13.2. The van der Waals surface area contributed by atoms with Gasteiger partial charge in [-0.15, -0.1) is 0 Å². The zero-order valence-electron chi connectivity index (χ0n) is 18.1. The Morgan fingerprint density at radius 3 is 2.53 bits per heavy atom. The normalized spacial score (nSPS) is 11.8. The van der Waals surface area contributed by atoms with Crippen LogP contribution in [0.25, 0.3) is 10.2 Å². The predicted molar refractivity (Wildman–Crippen MR) is 123 cm³/mol. The van der Waals surface area contributed by atoms with E-state index in [4.69, 9.17) is 9.47 Å². The maximum atomic E-state index is 12.6. The molecule has 0 spiro atoms. The lowest BCUT2D eigenvalue weighted by molar-refractivity contribution is -0.149. The van der Waals surface area contributed by atoms with Crippen LogP contribution in [0.4, 0.5) is 5.13 Å². The lowest BCUT2D eigenvalue weighted by Crippen LogP contribution is -2.43. The number of fused-ring (bicyclic) bond motifs is 1. The van der Waals surface area contributed by atoms with Gasteiger partial charge in [0.1, 0.15) is 11.8 Å². The van der Waals surface area contributed by atoms with E-state index in [9.17, 15) is 14.4 Å². The summed E-state index contributed by atoms with van der Waals surface area (Å²) in [4.78, 5) is 41.6. The van der Waals surface area contributed by atoms with Gasteiger partial charge in [0, 0.05) is 5.56 Å². The zero-order chi connectivity index (χ0) is 23.1. The molecule has 1 aromatic heterocycles. The van der Waals surface area contributed by atoms with Crippen molar-refractivity contribution in [1.29, 1.82) is 0 Å². The van der Waals surface area contributed by atoms with E-state index in [1.807, 2.05) is 19.9 Å². The number of hydrogen-bond donors (Lipinski definition) is 2. The number of nitrogens with one attached hydrogen (secondary N) is 2. The molecule has 0 aliphatic rings. The Kier molecular flexibility index (Phi) is 7.77. The summed E-state index contributed by atoms with van der Waals surface area (Å²) in [5.74, 6) is -0.712. The molecule has 32 heavy (non-hydrogen) atoms. The third-order valence-corrected chi connectivity index (χ3v) is 5.45. The number of ether oxygens (including phenoxy) is 2. The van der Waals surface area contributed by atoms with Crippen molar-refractivity contribution in [2.75, 3.05) is 19.0 Å². The number of benzene rings is 2. The van der Waals surface area contributed by atoms with Crippen molar-refractivity contribution < 1.29 is 23.9 Å². The summed E-state index contributed by atoms with van der Waals surface area (Å²) in [6.07, 6.45) is 0.388. The maximum Gasteiger partial charge on any atom is 0.329 e. The number of nitrogens with zero attached hydrogens (tertiary/aromatic N) is 1. The molecule has 168 valence electrons.